The first kappa shape index (κ1) is 17.4. The number of aromatic nitrogens is 1. The van der Waals surface area contributed by atoms with Crippen LogP contribution in [-0.4, -0.2) is 24.6 Å². The lowest BCUT2D eigenvalue weighted by Crippen LogP contribution is -2.30. The molecular formula is C16H28BrN3. The van der Waals surface area contributed by atoms with Crippen molar-refractivity contribution in [3.05, 3.63) is 22.3 Å². The first-order valence-electron chi connectivity index (χ1n) is 7.54. The molecule has 0 saturated carbocycles. The van der Waals surface area contributed by atoms with Crippen LogP contribution in [0.25, 0.3) is 0 Å². The van der Waals surface area contributed by atoms with E-state index < -0.39 is 0 Å². The molecule has 0 radical (unpaired) electrons. The first-order valence-corrected chi connectivity index (χ1v) is 8.33. The van der Waals surface area contributed by atoms with Crippen LogP contribution in [0.15, 0.2) is 16.7 Å². The summed E-state index contributed by atoms with van der Waals surface area (Å²) in [6, 6.07) is 2.18. The van der Waals surface area contributed by atoms with Crippen molar-refractivity contribution in [3.63, 3.8) is 0 Å². The lowest BCUT2D eigenvalue weighted by molar-refractivity contribution is 0.549. The van der Waals surface area contributed by atoms with E-state index in [1.54, 1.807) is 0 Å². The maximum Gasteiger partial charge on any atom is 0.133 e. The van der Waals surface area contributed by atoms with Crippen molar-refractivity contribution in [1.29, 1.82) is 0 Å². The van der Waals surface area contributed by atoms with Crippen molar-refractivity contribution in [2.75, 3.05) is 24.5 Å². The molecule has 4 heteroatoms. The number of anilines is 1. The Morgan fingerprint density at radius 1 is 1.25 bits per heavy atom. The topological polar surface area (TPSA) is 28.2 Å². The van der Waals surface area contributed by atoms with Gasteiger partial charge in [0.1, 0.15) is 5.82 Å². The molecule has 3 nitrogen and oxygen atoms in total. The summed E-state index contributed by atoms with van der Waals surface area (Å²) in [6.45, 7) is 15.1. The highest BCUT2D eigenvalue weighted by molar-refractivity contribution is 9.10. The predicted octanol–water partition coefficient (Wildman–Crippen LogP) is 4.07. The molecule has 0 aliphatic rings. The molecule has 0 amide bonds. The summed E-state index contributed by atoms with van der Waals surface area (Å²) in [5, 5.41) is 3.51. The minimum atomic E-state index is 0.636. The quantitative estimate of drug-likeness (QED) is 0.772. The molecule has 0 fully saturated rings. The molecule has 1 N–H and O–H groups in total. The molecule has 0 atom stereocenters. The Labute approximate surface area is 132 Å². The lowest BCUT2D eigenvalue weighted by Gasteiger charge is -2.26. The normalized spacial score (nSPS) is 11.4. The van der Waals surface area contributed by atoms with Gasteiger partial charge in [-0.15, -0.1) is 0 Å². The van der Waals surface area contributed by atoms with Gasteiger partial charge < -0.3 is 10.2 Å². The Balaban J connectivity index is 2.87. The molecule has 114 valence electrons. The summed E-state index contributed by atoms with van der Waals surface area (Å²) in [4.78, 5) is 7.00. The Hall–Kier alpha value is -0.610. The van der Waals surface area contributed by atoms with E-state index in [0.29, 0.717) is 11.8 Å². The summed E-state index contributed by atoms with van der Waals surface area (Å²) in [5.74, 6) is 2.41. The smallest absolute Gasteiger partial charge is 0.133 e. The lowest BCUT2D eigenvalue weighted by atomic mass is 10.1. The van der Waals surface area contributed by atoms with Gasteiger partial charge >= 0.3 is 0 Å². The number of nitrogens with one attached hydrogen (secondary N) is 1. The van der Waals surface area contributed by atoms with Gasteiger partial charge in [-0.3, -0.25) is 0 Å². The standard InChI is InChI=1S/C16H28BrN3/c1-6-20(11-13(4)5)16-14(7-15(17)10-19-16)9-18-8-12(2)3/h7,10,12-13,18H,6,8-9,11H2,1-5H3. The van der Waals surface area contributed by atoms with Gasteiger partial charge in [0.2, 0.25) is 0 Å². The average Bonchev–Trinajstić information content (AvgIpc) is 2.36. The number of nitrogens with zero attached hydrogens (tertiary/aromatic N) is 2. The van der Waals surface area contributed by atoms with E-state index in [1.807, 2.05) is 6.20 Å². The molecule has 1 rings (SSSR count). The summed E-state index contributed by atoms with van der Waals surface area (Å²) in [6.07, 6.45) is 1.89. The minimum absolute atomic E-state index is 0.636. The van der Waals surface area contributed by atoms with Crippen LogP contribution in [0.3, 0.4) is 0 Å². The fourth-order valence-electron chi connectivity index (χ4n) is 2.19. The van der Waals surface area contributed by atoms with Gasteiger partial charge in [-0.2, -0.15) is 0 Å². The highest BCUT2D eigenvalue weighted by Gasteiger charge is 2.13. The van der Waals surface area contributed by atoms with Crippen molar-refractivity contribution >= 4 is 21.7 Å². The van der Waals surface area contributed by atoms with Gasteiger partial charge in [0.15, 0.2) is 0 Å². The van der Waals surface area contributed by atoms with Crippen LogP contribution in [0.1, 0.15) is 40.2 Å². The Bertz CT molecular complexity index is 405. The molecule has 20 heavy (non-hydrogen) atoms. The number of hydrogen-bond acceptors (Lipinski definition) is 3. The summed E-state index contributed by atoms with van der Waals surface area (Å²) in [5.41, 5.74) is 1.27. The highest BCUT2D eigenvalue weighted by atomic mass is 79.9. The maximum absolute atomic E-state index is 4.64. The van der Waals surface area contributed by atoms with Crippen molar-refractivity contribution in [1.82, 2.24) is 10.3 Å². The van der Waals surface area contributed by atoms with E-state index in [1.165, 1.54) is 5.56 Å². The molecule has 0 aromatic carbocycles. The first-order chi connectivity index (χ1) is 9.43. The van der Waals surface area contributed by atoms with Crippen molar-refractivity contribution in [2.45, 2.75) is 41.2 Å². The Morgan fingerprint density at radius 2 is 1.95 bits per heavy atom. The van der Waals surface area contributed by atoms with Crippen LogP contribution < -0.4 is 10.2 Å². The molecule has 1 aromatic rings. The molecule has 0 spiro atoms. The molecule has 0 aliphatic carbocycles. The van der Waals surface area contributed by atoms with E-state index in [9.17, 15) is 0 Å². The SMILES string of the molecule is CCN(CC(C)C)c1ncc(Br)cc1CNCC(C)C. The van der Waals surface area contributed by atoms with Crippen molar-refractivity contribution < 1.29 is 0 Å². The second-order valence-corrected chi connectivity index (χ2v) is 7.01. The fraction of sp³-hybridized carbons (Fsp3) is 0.688. The summed E-state index contributed by atoms with van der Waals surface area (Å²) < 4.78 is 1.04. The monoisotopic (exact) mass is 341 g/mol. The van der Waals surface area contributed by atoms with Crippen LogP contribution in [-0.2, 0) is 6.54 Å². The third-order valence-corrected chi connectivity index (χ3v) is 3.48. The Morgan fingerprint density at radius 3 is 2.50 bits per heavy atom. The van der Waals surface area contributed by atoms with E-state index in [0.717, 1.165) is 36.5 Å². The molecule has 0 bridgehead atoms. The maximum atomic E-state index is 4.64. The van der Waals surface area contributed by atoms with Gasteiger partial charge in [-0.05, 0) is 47.3 Å². The minimum Gasteiger partial charge on any atom is -0.356 e. The van der Waals surface area contributed by atoms with Crippen LogP contribution in [0.4, 0.5) is 5.82 Å². The fourth-order valence-corrected chi connectivity index (χ4v) is 2.57. The van der Waals surface area contributed by atoms with Crippen LogP contribution in [0.2, 0.25) is 0 Å². The van der Waals surface area contributed by atoms with E-state index in [2.05, 4.69) is 71.8 Å². The zero-order valence-corrected chi connectivity index (χ0v) is 15.0. The van der Waals surface area contributed by atoms with Gasteiger partial charge in [0, 0.05) is 35.9 Å². The van der Waals surface area contributed by atoms with Gasteiger partial charge in [0.05, 0.1) is 0 Å². The average molecular weight is 342 g/mol. The second kappa shape index (κ2) is 8.63. The van der Waals surface area contributed by atoms with Gasteiger partial charge in [0.25, 0.3) is 0 Å². The number of halogens is 1. The zero-order valence-electron chi connectivity index (χ0n) is 13.4. The molecule has 0 unspecified atom stereocenters. The molecule has 0 saturated heterocycles. The van der Waals surface area contributed by atoms with E-state index in [-0.39, 0.29) is 0 Å². The van der Waals surface area contributed by atoms with Crippen LogP contribution in [0.5, 0.6) is 0 Å². The summed E-state index contributed by atoms with van der Waals surface area (Å²) in [7, 11) is 0. The Kier molecular flexibility index (Phi) is 7.52. The number of pyridine rings is 1. The number of hydrogen-bond donors (Lipinski definition) is 1. The van der Waals surface area contributed by atoms with Crippen LogP contribution >= 0.6 is 15.9 Å². The molecular weight excluding hydrogens is 314 g/mol. The predicted molar refractivity (Wildman–Crippen MR) is 91.2 cm³/mol. The second-order valence-electron chi connectivity index (χ2n) is 6.09. The van der Waals surface area contributed by atoms with Crippen LogP contribution in [0, 0.1) is 11.8 Å². The van der Waals surface area contributed by atoms with Gasteiger partial charge in [-0.25, -0.2) is 4.98 Å². The largest absolute Gasteiger partial charge is 0.356 e. The third kappa shape index (κ3) is 5.80. The molecule has 1 aromatic heterocycles. The highest BCUT2D eigenvalue weighted by Crippen LogP contribution is 2.22. The molecule has 1 heterocycles. The zero-order chi connectivity index (χ0) is 15.1. The third-order valence-electron chi connectivity index (χ3n) is 3.04. The number of rotatable bonds is 8. The summed E-state index contributed by atoms with van der Waals surface area (Å²) >= 11 is 3.53. The van der Waals surface area contributed by atoms with Crippen molar-refractivity contribution in [3.8, 4) is 0 Å². The molecule has 0 aliphatic heterocycles. The van der Waals surface area contributed by atoms with E-state index >= 15 is 0 Å². The van der Waals surface area contributed by atoms with Gasteiger partial charge in [-0.1, -0.05) is 27.7 Å². The van der Waals surface area contributed by atoms with E-state index in [4.69, 9.17) is 0 Å². The van der Waals surface area contributed by atoms with Crippen molar-refractivity contribution in [2.24, 2.45) is 11.8 Å².